The van der Waals surface area contributed by atoms with Gasteiger partial charge in [-0.3, -0.25) is 4.79 Å². The van der Waals surface area contributed by atoms with Crippen LogP contribution in [-0.2, 0) is 0 Å². The molecule has 0 saturated heterocycles. The molecular weight excluding hydrogens is 162 g/mol. The SMILES string of the molecule is CC=Cc1c(C)cccc1C(N)=O. The minimum Gasteiger partial charge on any atom is -0.366 e. The van der Waals surface area contributed by atoms with Crippen LogP contribution in [0.1, 0.15) is 28.4 Å². The zero-order chi connectivity index (χ0) is 9.84. The Morgan fingerprint density at radius 1 is 1.46 bits per heavy atom. The van der Waals surface area contributed by atoms with E-state index in [1.165, 1.54) is 0 Å². The highest BCUT2D eigenvalue weighted by Gasteiger charge is 2.06. The van der Waals surface area contributed by atoms with Crippen molar-refractivity contribution in [1.82, 2.24) is 0 Å². The number of aryl methyl sites for hydroxylation is 1. The van der Waals surface area contributed by atoms with Gasteiger partial charge in [0.1, 0.15) is 0 Å². The Labute approximate surface area is 78.1 Å². The first-order valence-electron chi connectivity index (χ1n) is 4.19. The maximum atomic E-state index is 11.0. The number of carbonyl (C=O) groups excluding carboxylic acids is 1. The number of carbonyl (C=O) groups is 1. The van der Waals surface area contributed by atoms with Crippen molar-refractivity contribution >= 4 is 12.0 Å². The van der Waals surface area contributed by atoms with Crippen LogP contribution >= 0.6 is 0 Å². The Morgan fingerprint density at radius 2 is 2.15 bits per heavy atom. The number of primary amides is 1. The fourth-order valence-electron chi connectivity index (χ4n) is 1.28. The summed E-state index contributed by atoms with van der Waals surface area (Å²) in [4.78, 5) is 11.0. The molecule has 1 amide bonds. The normalized spacial score (nSPS) is 10.6. The Bertz CT molecular complexity index is 353. The van der Waals surface area contributed by atoms with Crippen molar-refractivity contribution in [3.63, 3.8) is 0 Å². The minimum absolute atomic E-state index is 0.378. The number of allylic oxidation sites excluding steroid dienone is 1. The lowest BCUT2D eigenvalue weighted by molar-refractivity contribution is 0.1000. The molecule has 0 fully saturated rings. The Balaban J connectivity index is 3.33. The largest absolute Gasteiger partial charge is 0.366 e. The zero-order valence-corrected chi connectivity index (χ0v) is 7.87. The highest BCUT2D eigenvalue weighted by Crippen LogP contribution is 2.15. The molecule has 0 aliphatic rings. The summed E-state index contributed by atoms with van der Waals surface area (Å²) >= 11 is 0. The molecule has 0 radical (unpaired) electrons. The van der Waals surface area contributed by atoms with Gasteiger partial charge in [-0.05, 0) is 31.0 Å². The molecule has 0 saturated carbocycles. The van der Waals surface area contributed by atoms with Gasteiger partial charge in [0.15, 0.2) is 0 Å². The minimum atomic E-state index is -0.378. The summed E-state index contributed by atoms with van der Waals surface area (Å²) in [6, 6.07) is 5.54. The summed E-state index contributed by atoms with van der Waals surface area (Å²) in [5.74, 6) is -0.378. The summed E-state index contributed by atoms with van der Waals surface area (Å²) in [5, 5.41) is 0. The first-order valence-corrected chi connectivity index (χ1v) is 4.19. The lowest BCUT2D eigenvalue weighted by Crippen LogP contribution is -2.13. The van der Waals surface area contributed by atoms with Gasteiger partial charge in [-0.1, -0.05) is 24.3 Å². The Hall–Kier alpha value is -1.57. The number of nitrogens with two attached hydrogens (primary N) is 1. The molecule has 2 heteroatoms. The van der Waals surface area contributed by atoms with Gasteiger partial charge in [0.2, 0.25) is 5.91 Å². The Kier molecular flexibility index (Phi) is 2.85. The smallest absolute Gasteiger partial charge is 0.249 e. The highest BCUT2D eigenvalue weighted by atomic mass is 16.1. The predicted octanol–water partition coefficient (Wildman–Crippen LogP) is 2.13. The van der Waals surface area contributed by atoms with E-state index in [9.17, 15) is 4.79 Å². The van der Waals surface area contributed by atoms with E-state index in [0.717, 1.165) is 11.1 Å². The van der Waals surface area contributed by atoms with Gasteiger partial charge >= 0.3 is 0 Å². The standard InChI is InChI=1S/C11H13NO/c1-3-5-9-8(2)6-4-7-10(9)11(12)13/h3-7H,1-2H3,(H2,12,13). The second-order valence-corrected chi connectivity index (χ2v) is 2.90. The molecule has 2 N–H and O–H groups in total. The zero-order valence-electron chi connectivity index (χ0n) is 7.87. The van der Waals surface area contributed by atoms with Crippen LogP contribution in [0.5, 0.6) is 0 Å². The number of benzene rings is 1. The molecule has 0 aliphatic heterocycles. The molecule has 68 valence electrons. The van der Waals surface area contributed by atoms with Gasteiger partial charge in [-0.15, -0.1) is 0 Å². The molecule has 0 atom stereocenters. The van der Waals surface area contributed by atoms with Crippen LogP contribution in [0.25, 0.3) is 6.08 Å². The van der Waals surface area contributed by atoms with Gasteiger partial charge in [0.25, 0.3) is 0 Å². The van der Waals surface area contributed by atoms with Crippen LogP contribution < -0.4 is 5.73 Å². The molecular formula is C11H13NO. The summed E-state index contributed by atoms with van der Waals surface area (Å²) in [6.07, 6.45) is 3.80. The van der Waals surface area contributed by atoms with E-state index in [-0.39, 0.29) is 5.91 Å². The predicted molar refractivity (Wildman–Crippen MR) is 54.4 cm³/mol. The quantitative estimate of drug-likeness (QED) is 0.735. The van der Waals surface area contributed by atoms with Crippen LogP contribution in [0.2, 0.25) is 0 Å². The van der Waals surface area contributed by atoms with E-state index in [0.29, 0.717) is 5.56 Å². The number of rotatable bonds is 2. The van der Waals surface area contributed by atoms with E-state index in [4.69, 9.17) is 5.73 Å². The maximum Gasteiger partial charge on any atom is 0.249 e. The van der Waals surface area contributed by atoms with Crippen molar-refractivity contribution in [1.29, 1.82) is 0 Å². The fraction of sp³-hybridized carbons (Fsp3) is 0.182. The topological polar surface area (TPSA) is 43.1 Å². The third kappa shape index (κ3) is 1.96. The molecule has 1 aromatic carbocycles. The summed E-state index contributed by atoms with van der Waals surface area (Å²) in [6.45, 7) is 3.87. The molecule has 0 bridgehead atoms. The molecule has 13 heavy (non-hydrogen) atoms. The molecule has 2 nitrogen and oxygen atoms in total. The molecule has 0 aliphatic carbocycles. The first kappa shape index (κ1) is 9.52. The monoisotopic (exact) mass is 175 g/mol. The van der Waals surface area contributed by atoms with Crippen LogP contribution in [-0.4, -0.2) is 5.91 Å². The van der Waals surface area contributed by atoms with Gasteiger partial charge in [0.05, 0.1) is 0 Å². The van der Waals surface area contributed by atoms with Gasteiger partial charge in [0, 0.05) is 5.56 Å². The van der Waals surface area contributed by atoms with E-state index >= 15 is 0 Å². The average molecular weight is 175 g/mol. The first-order chi connectivity index (χ1) is 6.16. The van der Waals surface area contributed by atoms with E-state index in [1.54, 1.807) is 6.07 Å². The van der Waals surface area contributed by atoms with E-state index in [2.05, 4.69) is 0 Å². The van der Waals surface area contributed by atoms with Crippen molar-refractivity contribution in [2.24, 2.45) is 5.73 Å². The third-order valence-electron chi connectivity index (χ3n) is 1.92. The second kappa shape index (κ2) is 3.90. The fourth-order valence-corrected chi connectivity index (χ4v) is 1.28. The van der Waals surface area contributed by atoms with Crippen LogP contribution in [0.3, 0.4) is 0 Å². The van der Waals surface area contributed by atoms with Crippen LogP contribution in [0.15, 0.2) is 24.3 Å². The van der Waals surface area contributed by atoms with Crippen LogP contribution in [0, 0.1) is 6.92 Å². The third-order valence-corrected chi connectivity index (χ3v) is 1.92. The molecule has 0 unspecified atom stereocenters. The number of hydrogen-bond donors (Lipinski definition) is 1. The van der Waals surface area contributed by atoms with Crippen LogP contribution in [0.4, 0.5) is 0 Å². The molecule has 1 aromatic rings. The molecule has 0 aromatic heterocycles. The van der Waals surface area contributed by atoms with Crippen molar-refractivity contribution in [2.45, 2.75) is 13.8 Å². The average Bonchev–Trinajstić information content (AvgIpc) is 2.08. The highest BCUT2D eigenvalue weighted by molar-refractivity contribution is 5.97. The van der Waals surface area contributed by atoms with Gasteiger partial charge in [-0.2, -0.15) is 0 Å². The van der Waals surface area contributed by atoms with Crippen molar-refractivity contribution < 1.29 is 4.79 Å². The van der Waals surface area contributed by atoms with E-state index < -0.39 is 0 Å². The maximum absolute atomic E-state index is 11.0. The Morgan fingerprint density at radius 3 is 2.69 bits per heavy atom. The summed E-state index contributed by atoms with van der Waals surface area (Å²) in [7, 11) is 0. The molecule has 0 spiro atoms. The number of amides is 1. The summed E-state index contributed by atoms with van der Waals surface area (Å²) < 4.78 is 0. The van der Waals surface area contributed by atoms with Crippen molar-refractivity contribution in [3.05, 3.63) is 41.0 Å². The molecule has 1 rings (SSSR count). The second-order valence-electron chi connectivity index (χ2n) is 2.90. The lowest BCUT2D eigenvalue weighted by atomic mass is 10.0. The number of hydrogen-bond acceptors (Lipinski definition) is 1. The van der Waals surface area contributed by atoms with E-state index in [1.807, 2.05) is 38.1 Å². The van der Waals surface area contributed by atoms with Crippen molar-refractivity contribution in [3.8, 4) is 0 Å². The van der Waals surface area contributed by atoms with Gasteiger partial charge < -0.3 is 5.73 Å². The molecule has 0 heterocycles. The summed E-state index contributed by atoms with van der Waals surface area (Å²) in [5.41, 5.74) is 7.80. The lowest BCUT2D eigenvalue weighted by Gasteiger charge is -2.04. The van der Waals surface area contributed by atoms with Crippen molar-refractivity contribution in [2.75, 3.05) is 0 Å². The van der Waals surface area contributed by atoms with Gasteiger partial charge in [-0.25, -0.2) is 0 Å².